The van der Waals surface area contributed by atoms with E-state index in [0.29, 0.717) is 5.69 Å². The highest BCUT2D eigenvalue weighted by Gasteiger charge is 2.28. The van der Waals surface area contributed by atoms with Crippen LogP contribution < -0.4 is 10.6 Å². The molecule has 1 aromatic heterocycles. The van der Waals surface area contributed by atoms with Crippen LogP contribution in [0.5, 0.6) is 0 Å². The van der Waals surface area contributed by atoms with Crippen molar-refractivity contribution in [3.63, 3.8) is 0 Å². The number of halogens is 1. The van der Waals surface area contributed by atoms with Crippen LogP contribution in [0.25, 0.3) is 17.3 Å². The van der Waals surface area contributed by atoms with Crippen molar-refractivity contribution < 1.29 is 18.8 Å². The standard InChI is InChI=1S/C23H20FN5O3/c1-28-22(16-4-7-18(24)8-5-16)17(12-26-28)6-11-20(30)27-19-9-2-15(3-10-19)14-29-21(31)13-25-23(29)32/h2-12H,13-14H2,1H3,(H,25,32)(H,27,30). The van der Waals surface area contributed by atoms with E-state index < -0.39 is 6.03 Å². The van der Waals surface area contributed by atoms with Gasteiger partial charge in [0.05, 0.1) is 25.0 Å². The highest BCUT2D eigenvalue weighted by Crippen LogP contribution is 2.24. The molecule has 1 saturated heterocycles. The number of amides is 4. The molecule has 2 heterocycles. The smallest absolute Gasteiger partial charge is 0.324 e. The van der Waals surface area contributed by atoms with Gasteiger partial charge in [-0.2, -0.15) is 5.10 Å². The number of anilines is 1. The Bertz CT molecular complexity index is 1180. The number of hydrogen-bond acceptors (Lipinski definition) is 4. The van der Waals surface area contributed by atoms with Crippen molar-refractivity contribution in [1.82, 2.24) is 20.0 Å². The fourth-order valence-electron chi connectivity index (χ4n) is 3.38. The van der Waals surface area contributed by atoms with Gasteiger partial charge in [0.15, 0.2) is 0 Å². The minimum Gasteiger partial charge on any atom is -0.329 e. The van der Waals surface area contributed by atoms with Gasteiger partial charge >= 0.3 is 6.03 Å². The number of nitrogens with one attached hydrogen (secondary N) is 2. The molecule has 1 aliphatic rings. The first-order valence-electron chi connectivity index (χ1n) is 9.85. The van der Waals surface area contributed by atoms with E-state index in [0.717, 1.165) is 27.3 Å². The molecular weight excluding hydrogens is 413 g/mol. The molecule has 3 aromatic rings. The fourth-order valence-corrected chi connectivity index (χ4v) is 3.38. The molecule has 0 aliphatic carbocycles. The van der Waals surface area contributed by atoms with E-state index in [9.17, 15) is 18.8 Å². The predicted octanol–water partition coefficient (Wildman–Crippen LogP) is 2.93. The van der Waals surface area contributed by atoms with E-state index in [1.807, 2.05) is 0 Å². The Kier molecular flexibility index (Phi) is 5.80. The highest BCUT2D eigenvalue weighted by atomic mass is 19.1. The van der Waals surface area contributed by atoms with Crippen LogP contribution in [0.2, 0.25) is 0 Å². The zero-order chi connectivity index (χ0) is 22.7. The molecule has 0 radical (unpaired) electrons. The van der Waals surface area contributed by atoms with Gasteiger partial charge in [-0.05, 0) is 48.0 Å². The fraction of sp³-hybridized carbons (Fsp3) is 0.130. The summed E-state index contributed by atoms with van der Waals surface area (Å²) in [7, 11) is 1.77. The first kappa shape index (κ1) is 21.0. The molecule has 1 fully saturated rings. The van der Waals surface area contributed by atoms with Crippen LogP contribution in [-0.4, -0.2) is 39.1 Å². The number of aryl methyl sites for hydroxylation is 1. The van der Waals surface area contributed by atoms with E-state index >= 15 is 0 Å². The van der Waals surface area contributed by atoms with Crippen molar-refractivity contribution in [2.24, 2.45) is 7.05 Å². The summed E-state index contributed by atoms with van der Waals surface area (Å²) >= 11 is 0. The summed E-state index contributed by atoms with van der Waals surface area (Å²) in [6.45, 7) is 0.186. The first-order valence-corrected chi connectivity index (χ1v) is 9.85. The SMILES string of the molecule is Cn1ncc(C=CC(=O)Nc2ccc(CN3C(=O)CNC3=O)cc2)c1-c1ccc(F)cc1. The zero-order valence-electron chi connectivity index (χ0n) is 17.2. The van der Waals surface area contributed by atoms with Crippen molar-refractivity contribution >= 4 is 29.6 Å². The second kappa shape index (κ2) is 8.84. The third-order valence-corrected chi connectivity index (χ3v) is 5.00. The van der Waals surface area contributed by atoms with E-state index in [1.54, 1.807) is 60.4 Å². The van der Waals surface area contributed by atoms with E-state index in [2.05, 4.69) is 15.7 Å². The molecule has 0 bridgehead atoms. The number of carbonyl (C=O) groups is 3. The van der Waals surface area contributed by atoms with Crippen molar-refractivity contribution in [3.8, 4) is 11.3 Å². The Morgan fingerprint density at radius 1 is 1.16 bits per heavy atom. The topological polar surface area (TPSA) is 96.3 Å². The number of imide groups is 1. The zero-order valence-corrected chi connectivity index (χ0v) is 17.2. The average molecular weight is 433 g/mol. The Hall–Kier alpha value is -4.27. The Morgan fingerprint density at radius 3 is 2.53 bits per heavy atom. The van der Waals surface area contributed by atoms with Gasteiger partial charge < -0.3 is 10.6 Å². The van der Waals surface area contributed by atoms with Gasteiger partial charge in [-0.25, -0.2) is 9.18 Å². The van der Waals surface area contributed by atoms with E-state index in [1.165, 1.54) is 18.2 Å². The number of benzene rings is 2. The lowest BCUT2D eigenvalue weighted by molar-refractivity contribution is -0.125. The first-order chi connectivity index (χ1) is 15.4. The molecule has 4 rings (SSSR count). The molecule has 9 heteroatoms. The molecule has 0 atom stereocenters. The Balaban J connectivity index is 1.40. The predicted molar refractivity (Wildman–Crippen MR) is 117 cm³/mol. The number of nitrogens with zero attached hydrogens (tertiary/aromatic N) is 3. The maximum absolute atomic E-state index is 13.2. The average Bonchev–Trinajstić information content (AvgIpc) is 3.31. The van der Waals surface area contributed by atoms with Gasteiger partial charge in [-0.15, -0.1) is 0 Å². The summed E-state index contributed by atoms with van der Waals surface area (Å²) in [6.07, 6.45) is 4.67. The minimum absolute atomic E-state index is 0.0130. The van der Waals surface area contributed by atoms with Crippen molar-refractivity contribution in [3.05, 3.63) is 77.7 Å². The summed E-state index contributed by atoms with van der Waals surface area (Å²) < 4.78 is 14.9. The van der Waals surface area contributed by atoms with Crippen molar-refractivity contribution in [1.29, 1.82) is 0 Å². The molecule has 162 valence electrons. The summed E-state index contributed by atoms with van der Waals surface area (Å²) in [4.78, 5) is 36.8. The molecular formula is C23H20FN5O3. The number of carbonyl (C=O) groups excluding carboxylic acids is 3. The normalized spacial score (nSPS) is 13.6. The third-order valence-electron chi connectivity index (χ3n) is 5.00. The monoisotopic (exact) mass is 433 g/mol. The number of hydrogen-bond donors (Lipinski definition) is 2. The summed E-state index contributed by atoms with van der Waals surface area (Å²) in [5.41, 5.74) is 3.61. The van der Waals surface area contributed by atoms with Gasteiger partial charge in [0.25, 0.3) is 0 Å². The summed E-state index contributed by atoms with van der Waals surface area (Å²) in [6, 6.07) is 12.5. The molecule has 0 saturated carbocycles. The van der Waals surface area contributed by atoms with Gasteiger partial charge in [0, 0.05) is 29.9 Å². The van der Waals surface area contributed by atoms with Crippen LogP contribution >= 0.6 is 0 Å². The number of aromatic nitrogens is 2. The second-order valence-corrected chi connectivity index (χ2v) is 7.24. The van der Waals surface area contributed by atoms with Crippen LogP contribution in [0.4, 0.5) is 14.9 Å². The molecule has 8 nitrogen and oxygen atoms in total. The Morgan fingerprint density at radius 2 is 1.88 bits per heavy atom. The number of rotatable bonds is 6. The largest absolute Gasteiger partial charge is 0.329 e. The van der Waals surface area contributed by atoms with Crippen molar-refractivity contribution in [2.45, 2.75) is 6.54 Å². The van der Waals surface area contributed by atoms with Crippen LogP contribution in [-0.2, 0) is 23.2 Å². The lowest BCUT2D eigenvalue weighted by Crippen LogP contribution is -2.30. The van der Waals surface area contributed by atoms with Gasteiger partial charge in [0.2, 0.25) is 11.8 Å². The summed E-state index contributed by atoms with van der Waals surface area (Å²) in [5.74, 6) is -0.928. The van der Waals surface area contributed by atoms with Crippen LogP contribution in [0.3, 0.4) is 0 Å². The molecule has 4 amide bonds. The second-order valence-electron chi connectivity index (χ2n) is 7.24. The van der Waals surface area contributed by atoms with Crippen LogP contribution in [0.15, 0.2) is 60.8 Å². The molecule has 0 unspecified atom stereocenters. The Labute approximate surface area is 183 Å². The van der Waals surface area contributed by atoms with Gasteiger partial charge in [-0.3, -0.25) is 19.2 Å². The van der Waals surface area contributed by atoms with Crippen molar-refractivity contribution in [2.75, 3.05) is 11.9 Å². The number of urea groups is 1. The van der Waals surface area contributed by atoms with Crippen LogP contribution in [0.1, 0.15) is 11.1 Å². The molecule has 2 aromatic carbocycles. The molecule has 2 N–H and O–H groups in total. The minimum atomic E-state index is -0.409. The maximum atomic E-state index is 13.2. The quantitative estimate of drug-likeness (QED) is 0.462. The van der Waals surface area contributed by atoms with Gasteiger partial charge in [-0.1, -0.05) is 12.1 Å². The molecule has 32 heavy (non-hydrogen) atoms. The third kappa shape index (κ3) is 4.56. The summed E-state index contributed by atoms with van der Waals surface area (Å²) in [5, 5.41) is 9.46. The van der Waals surface area contributed by atoms with Crippen LogP contribution in [0, 0.1) is 5.82 Å². The molecule has 0 spiro atoms. The van der Waals surface area contributed by atoms with Gasteiger partial charge in [0.1, 0.15) is 5.82 Å². The lowest BCUT2D eigenvalue weighted by atomic mass is 10.1. The maximum Gasteiger partial charge on any atom is 0.324 e. The van der Waals surface area contributed by atoms with E-state index in [-0.39, 0.29) is 30.7 Å². The lowest BCUT2D eigenvalue weighted by Gasteiger charge is -2.12. The highest BCUT2D eigenvalue weighted by molar-refractivity contribution is 6.03. The molecule has 1 aliphatic heterocycles. The van der Waals surface area contributed by atoms with E-state index in [4.69, 9.17) is 0 Å².